The topological polar surface area (TPSA) is 60.8 Å². The summed E-state index contributed by atoms with van der Waals surface area (Å²) in [6, 6.07) is 14.4. The number of aryl methyl sites for hydroxylation is 1. The maximum absolute atomic E-state index is 5.98. The first kappa shape index (κ1) is 21.4. The highest BCUT2D eigenvalue weighted by atomic mass is 32.1. The number of hydrogen-bond acceptors (Lipinski definition) is 5. The van der Waals surface area contributed by atoms with E-state index in [2.05, 4.69) is 51.8 Å². The van der Waals surface area contributed by atoms with Crippen LogP contribution < -0.4 is 14.8 Å². The van der Waals surface area contributed by atoms with E-state index in [1.165, 1.54) is 11.3 Å². The molecule has 8 heteroatoms. The van der Waals surface area contributed by atoms with Crippen LogP contribution in [0.2, 0.25) is 0 Å². The lowest BCUT2D eigenvalue weighted by atomic mass is 9.96. The van der Waals surface area contributed by atoms with Crippen molar-refractivity contribution in [3.63, 3.8) is 0 Å². The Morgan fingerprint density at radius 3 is 2.79 bits per heavy atom. The summed E-state index contributed by atoms with van der Waals surface area (Å²) in [5.41, 5.74) is 5.60. The standard InChI is InChI=1S/C26H28N4O3S/c1-16-12-20(17(2)30(16)18-8-9-22-23(13-18)33-15-32-22)25-24(21-7-3-4-10-27-21)28-26(34)29(25)14-19-6-5-11-31-19/h3-4,7-10,12-13,19,24-25H,5-6,11,14-15H2,1-2H3,(H,28,34). The van der Waals surface area contributed by atoms with Crippen LogP contribution in [0.3, 0.4) is 0 Å². The van der Waals surface area contributed by atoms with Crippen molar-refractivity contribution in [3.8, 4) is 17.2 Å². The Balaban J connectivity index is 1.43. The van der Waals surface area contributed by atoms with Gasteiger partial charge in [-0.05, 0) is 74.8 Å². The number of pyridine rings is 1. The molecule has 176 valence electrons. The normalized spacial score (nSPS) is 23.5. The summed E-state index contributed by atoms with van der Waals surface area (Å²) in [6.45, 7) is 6.18. The second-order valence-electron chi connectivity index (χ2n) is 9.11. The molecule has 3 atom stereocenters. The number of thiocarbonyl (C=S) groups is 1. The molecule has 1 N–H and O–H groups in total. The molecule has 0 spiro atoms. The molecule has 0 amide bonds. The zero-order valence-corrected chi connectivity index (χ0v) is 20.2. The third-order valence-corrected chi connectivity index (χ3v) is 7.38. The number of rotatable bonds is 5. The van der Waals surface area contributed by atoms with E-state index >= 15 is 0 Å². The van der Waals surface area contributed by atoms with Gasteiger partial charge < -0.3 is 29.0 Å². The van der Waals surface area contributed by atoms with E-state index in [4.69, 9.17) is 26.4 Å². The van der Waals surface area contributed by atoms with Crippen LogP contribution >= 0.6 is 12.2 Å². The highest BCUT2D eigenvalue weighted by molar-refractivity contribution is 7.80. The van der Waals surface area contributed by atoms with E-state index in [-0.39, 0.29) is 25.0 Å². The van der Waals surface area contributed by atoms with Crippen LogP contribution in [-0.4, -0.2) is 45.6 Å². The molecule has 0 radical (unpaired) electrons. The Morgan fingerprint density at radius 1 is 1.12 bits per heavy atom. The minimum Gasteiger partial charge on any atom is -0.454 e. The van der Waals surface area contributed by atoms with Gasteiger partial charge in [0.05, 0.1) is 23.9 Å². The number of nitrogens with one attached hydrogen (secondary N) is 1. The molecule has 7 nitrogen and oxygen atoms in total. The van der Waals surface area contributed by atoms with Crippen molar-refractivity contribution in [2.45, 2.75) is 44.9 Å². The van der Waals surface area contributed by atoms with E-state index in [1.54, 1.807) is 0 Å². The molecule has 3 unspecified atom stereocenters. The Morgan fingerprint density at radius 2 is 2.00 bits per heavy atom. The summed E-state index contributed by atoms with van der Waals surface area (Å²) in [6.07, 6.45) is 4.21. The van der Waals surface area contributed by atoms with Gasteiger partial charge in [0.2, 0.25) is 6.79 Å². The summed E-state index contributed by atoms with van der Waals surface area (Å²) in [4.78, 5) is 6.98. The minimum atomic E-state index is -0.0409. The highest BCUT2D eigenvalue weighted by Gasteiger charge is 2.42. The highest BCUT2D eigenvalue weighted by Crippen LogP contribution is 2.42. The van der Waals surface area contributed by atoms with Gasteiger partial charge in [0.1, 0.15) is 0 Å². The van der Waals surface area contributed by atoms with E-state index in [0.717, 1.165) is 59.7 Å². The Labute approximate surface area is 204 Å². The molecular formula is C26H28N4O3S. The van der Waals surface area contributed by atoms with Gasteiger partial charge in [-0.1, -0.05) is 6.07 Å². The SMILES string of the molecule is Cc1cc(C2C(c3ccccn3)NC(=S)N2CC2CCCO2)c(C)n1-c1ccc2c(c1)OCO2. The first-order chi connectivity index (χ1) is 16.6. The Hall–Kier alpha value is -3.10. The van der Waals surface area contributed by atoms with E-state index in [1.807, 2.05) is 30.5 Å². The lowest BCUT2D eigenvalue weighted by Gasteiger charge is -2.30. The summed E-state index contributed by atoms with van der Waals surface area (Å²) >= 11 is 5.85. The molecule has 5 heterocycles. The summed E-state index contributed by atoms with van der Waals surface area (Å²) < 4.78 is 19.4. The largest absolute Gasteiger partial charge is 0.454 e. The molecule has 2 aromatic heterocycles. The predicted molar refractivity (Wildman–Crippen MR) is 132 cm³/mol. The van der Waals surface area contributed by atoms with Gasteiger partial charge in [-0.3, -0.25) is 4.98 Å². The first-order valence-electron chi connectivity index (χ1n) is 11.8. The molecular weight excluding hydrogens is 448 g/mol. The van der Waals surface area contributed by atoms with E-state index in [0.29, 0.717) is 0 Å². The third-order valence-electron chi connectivity index (χ3n) is 7.03. The second kappa shape index (κ2) is 8.60. The first-order valence-corrected chi connectivity index (χ1v) is 12.2. The van der Waals surface area contributed by atoms with Crippen LogP contribution in [0.4, 0.5) is 0 Å². The summed E-state index contributed by atoms with van der Waals surface area (Å²) in [5.74, 6) is 1.57. The van der Waals surface area contributed by atoms with Crippen LogP contribution in [0.15, 0.2) is 48.7 Å². The van der Waals surface area contributed by atoms with Crippen molar-refractivity contribution >= 4 is 17.3 Å². The lowest BCUT2D eigenvalue weighted by molar-refractivity contribution is 0.0842. The third kappa shape index (κ3) is 3.61. The fourth-order valence-corrected chi connectivity index (χ4v) is 5.77. The Kier molecular flexibility index (Phi) is 5.42. The summed E-state index contributed by atoms with van der Waals surface area (Å²) in [7, 11) is 0. The molecule has 0 bridgehead atoms. The average molecular weight is 477 g/mol. The smallest absolute Gasteiger partial charge is 0.231 e. The van der Waals surface area contributed by atoms with Gasteiger partial charge in [0.15, 0.2) is 16.6 Å². The zero-order valence-electron chi connectivity index (χ0n) is 19.4. The number of aromatic nitrogens is 2. The zero-order chi connectivity index (χ0) is 23.2. The van der Waals surface area contributed by atoms with Gasteiger partial charge in [0.25, 0.3) is 0 Å². The quantitative estimate of drug-likeness (QED) is 0.549. The number of fused-ring (bicyclic) bond motifs is 1. The molecule has 3 aliphatic rings. The van der Waals surface area contributed by atoms with Crippen LogP contribution in [-0.2, 0) is 4.74 Å². The van der Waals surface area contributed by atoms with Gasteiger partial charge in [-0.15, -0.1) is 0 Å². The molecule has 1 aromatic carbocycles. The van der Waals surface area contributed by atoms with Gasteiger partial charge in [0, 0.05) is 42.5 Å². The van der Waals surface area contributed by atoms with Crippen molar-refractivity contribution in [2.24, 2.45) is 0 Å². The maximum atomic E-state index is 5.98. The number of nitrogens with zero attached hydrogens (tertiary/aromatic N) is 3. The van der Waals surface area contributed by atoms with Crippen molar-refractivity contribution in [1.29, 1.82) is 0 Å². The number of ether oxygens (including phenoxy) is 3. The Bertz CT molecular complexity index is 1220. The molecule has 0 aliphatic carbocycles. The van der Waals surface area contributed by atoms with Gasteiger partial charge >= 0.3 is 0 Å². The van der Waals surface area contributed by atoms with Crippen molar-refractivity contribution in [2.75, 3.05) is 19.9 Å². The molecule has 6 rings (SSSR count). The van der Waals surface area contributed by atoms with Gasteiger partial charge in [-0.25, -0.2) is 0 Å². The van der Waals surface area contributed by atoms with Crippen molar-refractivity contribution < 1.29 is 14.2 Å². The minimum absolute atomic E-state index is 0.0144. The fraction of sp³-hybridized carbons (Fsp3) is 0.385. The maximum Gasteiger partial charge on any atom is 0.231 e. The molecule has 34 heavy (non-hydrogen) atoms. The van der Waals surface area contributed by atoms with Crippen LogP contribution in [0, 0.1) is 13.8 Å². The second-order valence-corrected chi connectivity index (χ2v) is 9.50. The van der Waals surface area contributed by atoms with E-state index < -0.39 is 0 Å². The van der Waals surface area contributed by atoms with E-state index in [9.17, 15) is 0 Å². The monoisotopic (exact) mass is 476 g/mol. The molecule has 3 aliphatic heterocycles. The predicted octanol–water partition coefficient (Wildman–Crippen LogP) is 4.37. The fourth-order valence-electron chi connectivity index (χ4n) is 5.46. The van der Waals surface area contributed by atoms with Crippen LogP contribution in [0.25, 0.3) is 5.69 Å². The van der Waals surface area contributed by atoms with Crippen molar-refractivity contribution in [1.82, 2.24) is 19.8 Å². The molecule has 2 fully saturated rings. The van der Waals surface area contributed by atoms with Crippen LogP contribution in [0.1, 0.15) is 47.6 Å². The number of hydrogen-bond donors (Lipinski definition) is 1. The molecule has 2 saturated heterocycles. The average Bonchev–Trinajstić information content (AvgIpc) is 3.63. The number of benzene rings is 1. The van der Waals surface area contributed by atoms with Crippen molar-refractivity contribution in [3.05, 3.63) is 71.3 Å². The van der Waals surface area contributed by atoms with Crippen LogP contribution in [0.5, 0.6) is 11.5 Å². The molecule has 0 saturated carbocycles. The molecule has 3 aromatic rings. The van der Waals surface area contributed by atoms with Gasteiger partial charge in [-0.2, -0.15) is 0 Å². The summed E-state index contributed by atoms with van der Waals surface area (Å²) in [5, 5.41) is 4.32. The lowest BCUT2D eigenvalue weighted by Crippen LogP contribution is -2.36.